The number of rotatable bonds is 11. The van der Waals surface area contributed by atoms with Gasteiger partial charge < -0.3 is 30.2 Å². The number of aryl methyl sites for hydroxylation is 1. The zero-order chi connectivity index (χ0) is 29.9. The van der Waals surface area contributed by atoms with Crippen LogP contribution in [0.3, 0.4) is 0 Å². The number of carbonyl (C=O) groups is 1. The Balaban J connectivity index is 1.79. The number of nitrogens with two attached hydrogens (primary N) is 1. The first kappa shape index (κ1) is 29.3. The lowest BCUT2D eigenvalue weighted by Gasteiger charge is -2.25. The van der Waals surface area contributed by atoms with Crippen LogP contribution in [0.2, 0.25) is 0 Å². The number of hydrogen-bond acceptors (Lipinski definition) is 8. The highest BCUT2D eigenvalue weighted by molar-refractivity contribution is 6.19. The minimum Gasteiger partial charge on any atom is -0.466 e. The van der Waals surface area contributed by atoms with E-state index in [9.17, 15) is 18.0 Å². The monoisotopic (exact) mass is 568 g/mol. The maximum atomic E-state index is 13.2. The summed E-state index contributed by atoms with van der Waals surface area (Å²) in [6, 6.07) is 11.0. The van der Waals surface area contributed by atoms with Crippen LogP contribution in [0, 0.1) is 0 Å². The molecule has 216 valence electrons. The molecule has 13 heteroatoms. The number of benzene rings is 1. The van der Waals surface area contributed by atoms with E-state index in [0.29, 0.717) is 18.8 Å². The van der Waals surface area contributed by atoms with Crippen molar-refractivity contribution in [2.45, 2.75) is 6.18 Å². The lowest BCUT2D eigenvalue weighted by Crippen LogP contribution is -2.30. The van der Waals surface area contributed by atoms with Crippen LogP contribution < -0.4 is 20.7 Å². The lowest BCUT2D eigenvalue weighted by atomic mass is 10.1. The number of ether oxygens (including phenoxy) is 1. The van der Waals surface area contributed by atoms with E-state index in [0.717, 1.165) is 16.5 Å². The molecule has 0 radical (unpaired) electrons. The van der Waals surface area contributed by atoms with Gasteiger partial charge in [-0.15, -0.1) is 0 Å². The molecular formula is C28H31F3N8O2. The number of anilines is 3. The zero-order valence-electron chi connectivity index (χ0n) is 23.2. The Morgan fingerprint density at radius 1 is 1.15 bits per heavy atom. The predicted molar refractivity (Wildman–Crippen MR) is 153 cm³/mol. The highest BCUT2D eigenvalue weighted by Crippen LogP contribution is 2.36. The molecule has 0 aliphatic rings. The summed E-state index contributed by atoms with van der Waals surface area (Å²) >= 11 is 0. The van der Waals surface area contributed by atoms with Gasteiger partial charge in [-0.3, -0.25) is 4.79 Å². The average molecular weight is 569 g/mol. The van der Waals surface area contributed by atoms with Gasteiger partial charge in [0.25, 0.3) is 0 Å². The van der Waals surface area contributed by atoms with Crippen LogP contribution in [0.5, 0.6) is 5.88 Å². The van der Waals surface area contributed by atoms with Crippen LogP contribution in [0.15, 0.2) is 55.4 Å². The fourth-order valence-corrected chi connectivity index (χ4v) is 4.17. The Morgan fingerprint density at radius 2 is 1.88 bits per heavy atom. The summed E-state index contributed by atoms with van der Waals surface area (Å²) in [5.41, 5.74) is 8.13. The molecule has 0 atom stereocenters. The van der Waals surface area contributed by atoms with Crippen molar-refractivity contribution < 1.29 is 22.7 Å². The van der Waals surface area contributed by atoms with Gasteiger partial charge in [-0.25, -0.2) is 9.97 Å². The molecule has 4 aromatic rings. The highest BCUT2D eigenvalue weighted by atomic mass is 19.4. The van der Waals surface area contributed by atoms with Gasteiger partial charge in [-0.1, -0.05) is 24.8 Å². The molecule has 1 aromatic carbocycles. The van der Waals surface area contributed by atoms with Crippen molar-refractivity contribution in [1.82, 2.24) is 24.4 Å². The summed E-state index contributed by atoms with van der Waals surface area (Å²) in [5, 5.41) is 3.89. The summed E-state index contributed by atoms with van der Waals surface area (Å²) in [7, 11) is 7.37. The molecule has 0 spiro atoms. The van der Waals surface area contributed by atoms with E-state index in [1.807, 2.05) is 61.1 Å². The molecule has 10 nitrogen and oxygen atoms in total. The fraction of sp³-hybridized carbons (Fsp3) is 0.286. The SMILES string of the molecule is C=C(C(N)=O)c1cc(Nc2nccc(-c3cn(C)c4ccccc34)n2)c(OCC(F)(F)F)nc1N(C)CCN(C)C. The van der Waals surface area contributed by atoms with Gasteiger partial charge in [0, 0.05) is 67.2 Å². The van der Waals surface area contributed by atoms with Gasteiger partial charge in [-0.05, 0) is 32.3 Å². The second-order valence-electron chi connectivity index (χ2n) is 9.75. The number of likely N-dealkylation sites (N-methyl/N-ethyl adjacent to an activating group) is 2. The van der Waals surface area contributed by atoms with E-state index in [1.54, 1.807) is 18.0 Å². The molecule has 0 bridgehead atoms. The average Bonchev–Trinajstić information content (AvgIpc) is 3.26. The third kappa shape index (κ3) is 6.92. The maximum absolute atomic E-state index is 13.2. The van der Waals surface area contributed by atoms with E-state index in [1.165, 1.54) is 12.3 Å². The number of aromatic nitrogens is 4. The number of alkyl halides is 3. The van der Waals surface area contributed by atoms with Crippen LogP contribution in [-0.2, 0) is 11.8 Å². The zero-order valence-corrected chi connectivity index (χ0v) is 23.2. The van der Waals surface area contributed by atoms with Crippen molar-refractivity contribution in [2.75, 3.05) is 51.1 Å². The number of primary amides is 1. The third-order valence-corrected chi connectivity index (χ3v) is 6.28. The maximum Gasteiger partial charge on any atom is 0.422 e. The van der Waals surface area contributed by atoms with E-state index in [-0.39, 0.29) is 34.5 Å². The molecule has 1 amide bonds. The molecule has 3 N–H and O–H groups in total. The number of hydrogen-bond donors (Lipinski definition) is 2. The molecular weight excluding hydrogens is 537 g/mol. The van der Waals surface area contributed by atoms with Gasteiger partial charge in [-0.2, -0.15) is 18.2 Å². The van der Waals surface area contributed by atoms with Crippen LogP contribution in [-0.4, -0.2) is 77.3 Å². The minimum atomic E-state index is -4.61. The molecule has 4 rings (SSSR count). The molecule has 3 heterocycles. The number of halogens is 3. The predicted octanol–water partition coefficient (Wildman–Crippen LogP) is 4.21. The van der Waals surface area contributed by atoms with Crippen molar-refractivity contribution in [1.29, 1.82) is 0 Å². The number of amides is 1. The molecule has 0 aliphatic heterocycles. The van der Waals surface area contributed by atoms with Gasteiger partial charge >= 0.3 is 6.18 Å². The second kappa shape index (κ2) is 11.8. The molecule has 0 saturated heterocycles. The number of fused-ring (bicyclic) bond motifs is 1. The standard InChI is InChI=1S/C28H31F3N8O2/c1-17(24(32)40)19-14-22(26(41-16-28(29,30)31)36-25(19)38(4)13-12-37(2)3)35-27-33-11-10-21(34-27)20-15-39(5)23-9-7-6-8-18(20)23/h6-11,14-15H,1,12-13,16H2,2-5H3,(H2,32,40)(H,33,34,35). The van der Waals surface area contributed by atoms with Crippen LogP contribution in [0.1, 0.15) is 5.56 Å². The van der Waals surface area contributed by atoms with Gasteiger partial charge in [0.1, 0.15) is 11.5 Å². The summed E-state index contributed by atoms with van der Waals surface area (Å²) in [5.74, 6) is -0.894. The summed E-state index contributed by atoms with van der Waals surface area (Å²) in [6.07, 6.45) is -1.15. The van der Waals surface area contributed by atoms with Crippen molar-refractivity contribution in [3.63, 3.8) is 0 Å². The van der Waals surface area contributed by atoms with E-state index < -0.39 is 18.7 Å². The van der Waals surface area contributed by atoms with Crippen LogP contribution >= 0.6 is 0 Å². The van der Waals surface area contributed by atoms with Crippen molar-refractivity contribution >= 4 is 39.8 Å². The largest absolute Gasteiger partial charge is 0.466 e. The molecule has 3 aromatic heterocycles. The molecule has 41 heavy (non-hydrogen) atoms. The van der Waals surface area contributed by atoms with Gasteiger partial charge in [0.2, 0.25) is 17.7 Å². The Morgan fingerprint density at radius 3 is 2.56 bits per heavy atom. The summed E-state index contributed by atoms with van der Waals surface area (Å²) < 4.78 is 46.6. The molecule has 0 aliphatic carbocycles. The normalized spacial score (nSPS) is 11.6. The number of nitrogens with one attached hydrogen (secondary N) is 1. The summed E-state index contributed by atoms with van der Waals surface area (Å²) in [4.78, 5) is 28.9. The summed E-state index contributed by atoms with van der Waals surface area (Å²) in [6.45, 7) is 3.25. The highest BCUT2D eigenvalue weighted by Gasteiger charge is 2.30. The number of carbonyl (C=O) groups excluding carboxylic acids is 1. The van der Waals surface area contributed by atoms with E-state index in [4.69, 9.17) is 10.5 Å². The first-order valence-corrected chi connectivity index (χ1v) is 12.6. The Bertz CT molecular complexity index is 1580. The quantitative estimate of drug-likeness (QED) is 0.259. The third-order valence-electron chi connectivity index (χ3n) is 6.28. The van der Waals surface area contributed by atoms with Gasteiger partial charge in [0.15, 0.2) is 6.61 Å². The lowest BCUT2D eigenvalue weighted by molar-refractivity contribution is -0.153. The van der Waals surface area contributed by atoms with Crippen LogP contribution in [0.4, 0.5) is 30.6 Å². The number of pyridine rings is 1. The first-order valence-electron chi connectivity index (χ1n) is 12.6. The van der Waals surface area contributed by atoms with E-state index >= 15 is 0 Å². The molecule has 0 saturated carbocycles. The number of nitrogens with zero attached hydrogens (tertiary/aromatic N) is 6. The fourth-order valence-electron chi connectivity index (χ4n) is 4.17. The Kier molecular flexibility index (Phi) is 8.47. The minimum absolute atomic E-state index is 0.00600. The topological polar surface area (TPSA) is 114 Å². The smallest absolute Gasteiger partial charge is 0.422 e. The molecule has 0 fully saturated rings. The van der Waals surface area contributed by atoms with Gasteiger partial charge in [0.05, 0.1) is 5.69 Å². The Hall–Kier alpha value is -4.65. The van der Waals surface area contributed by atoms with Crippen molar-refractivity contribution in [2.24, 2.45) is 12.8 Å². The Labute approximate surface area is 235 Å². The van der Waals surface area contributed by atoms with Crippen LogP contribution in [0.25, 0.3) is 27.7 Å². The van der Waals surface area contributed by atoms with Crippen molar-refractivity contribution in [3.8, 4) is 17.1 Å². The van der Waals surface area contributed by atoms with Crippen molar-refractivity contribution in [3.05, 3.63) is 60.9 Å². The first-order chi connectivity index (χ1) is 19.3. The molecule has 0 unspecified atom stereocenters. The second-order valence-corrected chi connectivity index (χ2v) is 9.75. The number of para-hydroxylation sites is 1. The van der Waals surface area contributed by atoms with E-state index in [2.05, 4.69) is 26.8 Å².